The molecule has 2 aromatic carbocycles. The van der Waals surface area contributed by atoms with Gasteiger partial charge in [0.25, 0.3) is 0 Å². The van der Waals surface area contributed by atoms with Crippen molar-refractivity contribution in [3.63, 3.8) is 0 Å². The number of rotatable bonds is 10. The SMILES string of the molecule is CS(=O)(=O)N(Cc1cccc(-c2ccnc(NCCc3cc(F)cc(F)c3)n2)c1)CC1CCCN1. The molecule has 7 nitrogen and oxygen atoms in total. The standard InChI is InChI=1S/C25H29F2N5O2S/c1-35(33,34)32(17-23-6-3-9-28-23)16-19-4-2-5-20(12-19)24-8-11-30-25(31-24)29-10-7-18-13-21(26)15-22(27)14-18/h2,4-5,8,11-15,23,28H,3,6-7,9-10,16-17H2,1H3,(H,29,30,31). The quantitative estimate of drug-likeness (QED) is 0.442. The molecule has 1 unspecified atom stereocenters. The molecule has 0 radical (unpaired) electrons. The predicted molar refractivity (Wildman–Crippen MR) is 132 cm³/mol. The highest BCUT2D eigenvalue weighted by molar-refractivity contribution is 7.88. The molecule has 0 amide bonds. The molecule has 1 saturated heterocycles. The summed E-state index contributed by atoms with van der Waals surface area (Å²) in [5, 5.41) is 6.44. The third-order valence-electron chi connectivity index (χ3n) is 5.91. The van der Waals surface area contributed by atoms with E-state index < -0.39 is 21.7 Å². The highest BCUT2D eigenvalue weighted by Gasteiger charge is 2.24. The van der Waals surface area contributed by atoms with Crippen LogP contribution in [0.15, 0.2) is 54.7 Å². The van der Waals surface area contributed by atoms with Crippen molar-refractivity contribution in [2.75, 3.05) is 31.2 Å². The minimum atomic E-state index is -3.36. The van der Waals surface area contributed by atoms with Crippen LogP contribution in [0.5, 0.6) is 0 Å². The van der Waals surface area contributed by atoms with Crippen molar-refractivity contribution in [3.05, 3.63) is 77.5 Å². The first-order valence-electron chi connectivity index (χ1n) is 11.6. The van der Waals surface area contributed by atoms with E-state index in [0.29, 0.717) is 36.7 Å². The molecule has 3 aromatic rings. The van der Waals surface area contributed by atoms with Crippen molar-refractivity contribution in [1.29, 1.82) is 0 Å². The molecule has 4 rings (SSSR count). The number of benzene rings is 2. The Morgan fingerprint density at radius 3 is 2.63 bits per heavy atom. The average Bonchev–Trinajstić information content (AvgIpc) is 3.31. The molecule has 1 aromatic heterocycles. The van der Waals surface area contributed by atoms with Crippen molar-refractivity contribution in [2.24, 2.45) is 0 Å². The monoisotopic (exact) mass is 501 g/mol. The van der Waals surface area contributed by atoms with Gasteiger partial charge in [-0.3, -0.25) is 0 Å². The molecular weight excluding hydrogens is 472 g/mol. The zero-order chi connectivity index (χ0) is 24.8. The van der Waals surface area contributed by atoms with Crippen LogP contribution < -0.4 is 10.6 Å². The number of nitrogens with zero attached hydrogens (tertiary/aromatic N) is 3. The molecule has 1 aliphatic rings. The summed E-state index contributed by atoms with van der Waals surface area (Å²) < 4.78 is 53.0. The van der Waals surface area contributed by atoms with Crippen molar-refractivity contribution < 1.29 is 17.2 Å². The van der Waals surface area contributed by atoms with Crippen LogP contribution in [0, 0.1) is 11.6 Å². The van der Waals surface area contributed by atoms with E-state index in [1.54, 1.807) is 12.3 Å². The van der Waals surface area contributed by atoms with Gasteiger partial charge in [-0.25, -0.2) is 27.2 Å². The molecule has 1 atom stereocenters. The van der Waals surface area contributed by atoms with Gasteiger partial charge in [0.15, 0.2) is 0 Å². The second-order valence-electron chi connectivity index (χ2n) is 8.77. The van der Waals surface area contributed by atoms with Crippen LogP contribution in [-0.4, -0.2) is 54.6 Å². The van der Waals surface area contributed by atoms with Crippen LogP contribution in [0.4, 0.5) is 14.7 Å². The number of aromatic nitrogens is 2. The largest absolute Gasteiger partial charge is 0.354 e. The fourth-order valence-corrected chi connectivity index (χ4v) is 5.02. The van der Waals surface area contributed by atoms with Gasteiger partial charge in [-0.15, -0.1) is 0 Å². The fourth-order valence-electron chi connectivity index (χ4n) is 4.19. The van der Waals surface area contributed by atoms with Crippen LogP contribution >= 0.6 is 0 Å². The smallest absolute Gasteiger partial charge is 0.223 e. The Bertz CT molecular complexity index is 1250. The lowest BCUT2D eigenvalue weighted by Gasteiger charge is -2.23. The molecule has 0 aliphatic carbocycles. The lowest BCUT2D eigenvalue weighted by Crippen LogP contribution is -2.40. The summed E-state index contributed by atoms with van der Waals surface area (Å²) >= 11 is 0. The third-order valence-corrected chi connectivity index (χ3v) is 7.13. The van der Waals surface area contributed by atoms with E-state index in [1.165, 1.54) is 22.7 Å². The Kier molecular flexibility index (Phi) is 8.04. The summed E-state index contributed by atoms with van der Waals surface area (Å²) in [4.78, 5) is 8.78. The van der Waals surface area contributed by atoms with Gasteiger partial charge >= 0.3 is 0 Å². The molecule has 0 bridgehead atoms. The maximum atomic E-state index is 13.4. The van der Waals surface area contributed by atoms with Crippen LogP contribution in [-0.2, 0) is 23.0 Å². The fraction of sp³-hybridized carbons (Fsp3) is 0.360. The number of hydrogen-bond donors (Lipinski definition) is 2. The molecule has 2 heterocycles. The third kappa shape index (κ3) is 7.27. The molecule has 186 valence electrons. The van der Waals surface area contributed by atoms with Gasteiger partial charge < -0.3 is 10.6 Å². The minimum Gasteiger partial charge on any atom is -0.354 e. The topological polar surface area (TPSA) is 87.2 Å². The van der Waals surface area contributed by atoms with E-state index in [9.17, 15) is 17.2 Å². The maximum Gasteiger partial charge on any atom is 0.223 e. The summed E-state index contributed by atoms with van der Waals surface area (Å²) in [7, 11) is -3.36. The second-order valence-corrected chi connectivity index (χ2v) is 10.8. The van der Waals surface area contributed by atoms with Gasteiger partial charge in [0.1, 0.15) is 11.6 Å². The zero-order valence-electron chi connectivity index (χ0n) is 19.5. The molecule has 35 heavy (non-hydrogen) atoms. The summed E-state index contributed by atoms with van der Waals surface area (Å²) in [6.45, 7) is 2.05. The van der Waals surface area contributed by atoms with Crippen molar-refractivity contribution in [1.82, 2.24) is 19.6 Å². The Labute approximate surface area is 204 Å². The van der Waals surface area contributed by atoms with Crippen molar-refractivity contribution >= 4 is 16.0 Å². The molecule has 2 N–H and O–H groups in total. The molecule has 0 spiro atoms. The molecule has 10 heteroatoms. The Morgan fingerprint density at radius 1 is 1.11 bits per heavy atom. The van der Waals surface area contributed by atoms with Crippen LogP contribution in [0.2, 0.25) is 0 Å². The lowest BCUT2D eigenvalue weighted by atomic mass is 10.1. The maximum absolute atomic E-state index is 13.4. The first kappa shape index (κ1) is 25.2. The molecular formula is C25H29F2N5O2S. The molecule has 1 aliphatic heterocycles. The molecule has 1 fully saturated rings. The van der Waals surface area contributed by atoms with Gasteiger partial charge in [-0.2, -0.15) is 4.31 Å². The zero-order valence-corrected chi connectivity index (χ0v) is 20.4. The van der Waals surface area contributed by atoms with Gasteiger partial charge in [-0.05, 0) is 61.2 Å². The Morgan fingerprint density at radius 2 is 1.91 bits per heavy atom. The number of sulfonamides is 1. The average molecular weight is 502 g/mol. The van der Waals surface area contributed by atoms with E-state index in [2.05, 4.69) is 20.6 Å². The van der Waals surface area contributed by atoms with Gasteiger partial charge in [0, 0.05) is 43.5 Å². The van der Waals surface area contributed by atoms with E-state index in [0.717, 1.165) is 36.6 Å². The normalized spacial score (nSPS) is 16.1. The highest BCUT2D eigenvalue weighted by Crippen LogP contribution is 2.21. The van der Waals surface area contributed by atoms with Gasteiger partial charge in [0.05, 0.1) is 11.9 Å². The summed E-state index contributed by atoms with van der Waals surface area (Å²) in [6.07, 6.45) is 5.31. The summed E-state index contributed by atoms with van der Waals surface area (Å²) in [6, 6.07) is 13.0. The number of hydrogen-bond acceptors (Lipinski definition) is 6. The van der Waals surface area contributed by atoms with Crippen LogP contribution in [0.1, 0.15) is 24.0 Å². The Hall–Kier alpha value is -2.95. The highest BCUT2D eigenvalue weighted by atomic mass is 32.2. The number of halogens is 2. The van der Waals surface area contributed by atoms with E-state index in [4.69, 9.17) is 0 Å². The number of anilines is 1. The van der Waals surface area contributed by atoms with Crippen LogP contribution in [0.3, 0.4) is 0 Å². The lowest BCUT2D eigenvalue weighted by molar-refractivity contribution is 0.367. The first-order chi connectivity index (χ1) is 16.8. The molecule has 0 saturated carbocycles. The predicted octanol–water partition coefficient (Wildman–Crippen LogP) is 3.59. The van der Waals surface area contributed by atoms with Gasteiger partial charge in [0.2, 0.25) is 16.0 Å². The van der Waals surface area contributed by atoms with Crippen LogP contribution in [0.25, 0.3) is 11.3 Å². The first-order valence-corrected chi connectivity index (χ1v) is 13.4. The van der Waals surface area contributed by atoms with E-state index in [-0.39, 0.29) is 12.6 Å². The summed E-state index contributed by atoms with van der Waals surface area (Å²) in [5.41, 5.74) is 2.94. The van der Waals surface area contributed by atoms with Gasteiger partial charge in [-0.1, -0.05) is 18.2 Å². The second kappa shape index (κ2) is 11.2. The van der Waals surface area contributed by atoms with Crippen molar-refractivity contribution in [2.45, 2.75) is 31.8 Å². The van der Waals surface area contributed by atoms with Crippen molar-refractivity contribution in [3.8, 4) is 11.3 Å². The number of nitrogens with one attached hydrogen (secondary N) is 2. The summed E-state index contributed by atoms with van der Waals surface area (Å²) in [5.74, 6) is -0.811. The van der Waals surface area contributed by atoms with E-state index >= 15 is 0 Å². The van der Waals surface area contributed by atoms with E-state index in [1.807, 2.05) is 24.3 Å². The Balaban J connectivity index is 1.43. The minimum absolute atomic E-state index is 0.173.